The van der Waals surface area contributed by atoms with Crippen molar-refractivity contribution in [1.82, 2.24) is 14.5 Å². The van der Waals surface area contributed by atoms with Gasteiger partial charge in [-0.05, 0) is 18.9 Å². The van der Waals surface area contributed by atoms with Crippen molar-refractivity contribution in [2.75, 3.05) is 5.73 Å². The van der Waals surface area contributed by atoms with Gasteiger partial charge >= 0.3 is 0 Å². The number of benzene rings is 1. The average molecular weight is 295 g/mol. The van der Waals surface area contributed by atoms with Crippen molar-refractivity contribution in [3.63, 3.8) is 0 Å². The van der Waals surface area contributed by atoms with E-state index in [4.69, 9.17) is 10.7 Å². The molecule has 3 rings (SSSR count). The number of nitrogens with two attached hydrogens (primary N) is 1. The van der Waals surface area contributed by atoms with Crippen molar-refractivity contribution in [2.24, 2.45) is 0 Å². The van der Waals surface area contributed by atoms with Gasteiger partial charge in [0.25, 0.3) is 0 Å². The summed E-state index contributed by atoms with van der Waals surface area (Å²) < 4.78 is 2.33. The molecule has 0 unspecified atom stereocenters. The largest absolute Gasteiger partial charge is 0.382 e. The second kappa shape index (κ2) is 6.34. The number of anilines is 1. The number of hydrogen-bond acceptors (Lipinski definition) is 3. The van der Waals surface area contributed by atoms with Crippen LogP contribution in [0.1, 0.15) is 38.4 Å². The molecule has 1 aromatic carbocycles. The van der Waals surface area contributed by atoms with Crippen LogP contribution in [0.2, 0.25) is 0 Å². The Balaban J connectivity index is 2.27. The van der Waals surface area contributed by atoms with E-state index < -0.39 is 0 Å². The zero-order valence-corrected chi connectivity index (χ0v) is 13.2. The highest BCUT2D eigenvalue weighted by Gasteiger charge is 2.16. The average Bonchev–Trinajstić information content (AvgIpc) is 2.90. The maximum absolute atomic E-state index is 6.16. The molecule has 22 heavy (non-hydrogen) atoms. The zero-order valence-electron chi connectivity index (χ0n) is 13.2. The molecule has 3 aromatic rings. The van der Waals surface area contributed by atoms with Gasteiger partial charge in [-0.15, -0.1) is 0 Å². The quantitative estimate of drug-likeness (QED) is 0.744. The number of fused-ring (bicyclic) bond motifs is 3. The molecule has 2 heterocycles. The number of aromatic nitrogens is 3. The highest BCUT2D eigenvalue weighted by molar-refractivity contribution is 6.06. The van der Waals surface area contributed by atoms with E-state index in [2.05, 4.69) is 29.5 Å². The molecule has 0 aliphatic heterocycles. The molecule has 4 heteroatoms. The maximum Gasteiger partial charge on any atom is 0.152 e. The summed E-state index contributed by atoms with van der Waals surface area (Å²) in [6, 6.07) is 8.16. The predicted octanol–water partition coefficient (Wildman–Crippen LogP) is 4.12. The molecule has 0 aliphatic carbocycles. The number of nitrogen functional groups attached to an aromatic ring is 1. The molecule has 0 saturated heterocycles. The van der Waals surface area contributed by atoms with Crippen LogP contribution in [0, 0.1) is 6.92 Å². The van der Waals surface area contributed by atoms with Crippen LogP contribution in [0.5, 0.6) is 0 Å². The number of unbranched alkanes of at least 4 members (excludes halogenated alkanes) is 2. The molecule has 2 N–H and O–H groups in total. The zero-order chi connectivity index (χ0) is 15.5. The number of rotatable bonds is 6. The van der Waals surface area contributed by atoms with Gasteiger partial charge in [-0.3, -0.25) is 0 Å². The third kappa shape index (κ3) is 2.54. The molecule has 1 radical (unpaired) electrons. The Morgan fingerprint density at radius 3 is 2.77 bits per heavy atom. The Hall–Kier alpha value is -2.10. The summed E-state index contributed by atoms with van der Waals surface area (Å²) >= 11 is 0. The topological polar surface area (TPSA) is 56.7 Å². The highest BCUT2D eigenvalue weighted by atomic mass is 15.1. The van der Waals surface area contributed by atoms with E-state index in [0.29, 0.717) is 5.82 Å². The summed E-state index contributed by atoms with van der Waals surface area (Å²) in [4.78, 5) is 9.32. The predicted molar refractivity (Wildman–Crippen MR) is 92.6 cm³/mol. The summed E-state index contributed by atoms with van der Waals surface area (Å²) in [5, 5.41) is 1.13. The van der Waals surface area contributed by atoms with Crippen LogP contribution in [0.4, 0.5) is 5.82 Å². The lowest BCUT2D eigenvalue weighted by Crippen LogP contribution is -2.04. The third-order valence-corrected chi connectivity index (χ3v) is 4.08. The van der Waals surface area contributed by atoms with Gasteiger partial charge in [0.05, 0.1) is 11.0 Å². The van der Waals surface area contributed by atoms with Gasteiger partial charge in [-0.1, -0.05) is 44.9 Å². The van der Waals surface area contributed by atoms with E-state index in [9.17, 15) is 0 Å². The fourth-order valence-corrected chi connectivity index (χ4v) is 2.94. The van der Waals surface area contributed by atoms with Crippen LogP contribution in [0.15, 0.2) is 24.3 Å². The molecule has 2 aromatic heterocycles. The second-order valence-corrected chi connectivity index (χ2v) is 5.70. The van der Waals surface area contributed by atoms with Crippen LogP contribution < -0.4 is 5.73 Å². The monoisotopic (exact) mass is 295 g/mol. The minimum absolute atomic E-state index is 0.528. The Morgan fingerprint density at radius 2 is 2.00 bits per heavy atom. The minimum atomic E-state index is 0.528. The van der Waals surface area contributed by atoms with Gasteiger partial charge in [0.15, 0.2) is 5.82 Å². The molecule has 0 fully saturated rings. The van der Waals surface area contributed by atoms with E-state index in [1.165, 1.54) is 0 Å². The van der Waals surface area contributed by atoms with Gasteiger partial charge in [0, 0.05) is 18.4 Å². The Kier molecular flexibility index (Phi) is 4.27. The van der Waals surface area contributed by atoms with Crippen LogP contribution >= 0.6 is 0 Å². The number of pyridine rings is 1. The number of imidazole rings is 1. The lowest BCUT2D eigenvalue weighted by Gasteiger charge is -2.10. The summed E-state index contributed by atoms with van der Waals surface area (Å²) in [6.45, 7) is 7.11. The standard InChI is InChI=1S/C18H23N4/c1-3-5-11-15-21-16-17(22(15)12-6-4-2)13-9-7-8-10-14(13)20-18(16)19/h7-10H,2-6,11-12H2,1H3,(H2,19,20). The van der Waals surface area contributed by atoms with Gasteiger partial charge in [-0.25, -0.2) is 9.97 Å². The molecule has 0 amide bonds. The van der Waals surface area contributed by atoms with Gasteiger partial charge in [0.2, 0.25) is 0 Å². The van der Waals surface area contributed by atoms with Crippen LogP contribution in [0.3, 0.4) is 0 Å². The summed E-state index contributed by atoms with van der Waals surface area (Å²) in [5.74, 6) is 1.65. The molecule has 0 bridgehead atoms. The van der Waals surface area contributed by atoms with Gasteiger partial charge in [-0.2, -0.15) is 0 Å². The third-order valence-electron chi connectivity index (χ3n) is 4.08. The first-order valence-corrected chi connectivity index (χ1v) is 8.08. The Labute approximate surface area is 131 Å². The van der Waals surface area contributed by atoms with Gasteiger partial charge < -0.3 is 10.3 Å². The first-order valence-electron chi connectivity index (χ1n) is 8.08. The number of hydrogen-bond donors (Lipinski definition) is 1. The Morgan fingerprint density at radius 1 is 1.18 bits per heavy atom. The second-order valence-electron chi connectivity index (χ2n) is 5.70. The van der Waals surface area contributed by atoms with E-state index in [-0.39, 0.29) is 0 Å². The molecule has 0 saturated carbocycles. The number of nitrogens with zero attached hydrogens (tertiary/aromatic N) is 3. The molecule has 0 spiro atoms. The number of aryl methyl sites for hydroxylation is 2. The summed E-state index contributed by atoms with van der Waals surface area (Å²) in [7, 11) is 0. The van der Waals surface area contributed by atoms with E-state index in [1.54, 1.807) is 0 Å². The van der Waals surface area contributed by atoms with E-state index in [1.807, 2.05) is 18.2 Å². The van der Waals surface area contributed by atoms with Crippen molar-refractivity contribution < 1.29 is 0 Å². The molecule has 4 nitrogen and oxygen atoms in total. The number of para-hydroxylation sites is 1. The van der Waals surface area contributed by atoms with Crippen LogP contribution in [0.25, 0.3) is 21.9 Å². The normalized spacial score (nSPS) is 11.5. The Bertz CT molecular complexity index is 788. The molecule has 115 valence electrons. The lowest BCUT2D eigenvalue weighted by molar-refractivity contribution is 0.616. The fraction of sp³-hybridized carbons (Fsp3) is 0.389. The van der Waals surface area contributed by atoms with Crippen molar-refractivity contribution in [1.29, 1.82) is 0 Å². The fourth-order valence-electron chi connectivity index (χ4n) is 2.94. The smallest absolute Gasteiger partial charge is 0.152 e. The van der Waals surface area contributed by atoms with Crippen molar-refractivity contribution >= 4 is 27.8 Å². The first kappa shape index (κ1) is 14.8. The molecular weight excluding hydrogens is 272 g/mol. The maximum atomic E-state index is 6.16. The summed E-state index contributed by atoms with van der Waals surface area (Å²) in [6.07, 6.45) is 5.24. The van der Waals surface area contributed by atoms with Gasteiger partial charge in [0.1, 0.15) is 11.3 Å². The minimum Gasteiger partial charge on any atom is -0.382 e. The first-order chi connectivity index (χ1) is 10.8. The molecule has 0 aliphatic rings. The molecular formula is C18H23N4. The van der Waals surface area contributed by atoms with Crippen LogP contribution in [-0.2, 0) is 13.0 Å². The van der Waals surface area contributed by atoms with Crippen LogP contribution in [-0.4, -0.2) is 14.5 Å². The van der Waals surface area contributed by atoms with Crippen molar-refractivity contribution in [3.05, 3.63) is 37.0 Å². The SMILES string of the molecule is [CH2]CCCn1c(CCCC)nc2c(N)nc3ccccc3c21. The van der Waals surface area contributed by atoms with E-state index in [0.717, 1.165) is 66.4 Å². The van der Waals surface area contributed by atoms with Crippen molar-refractivity contribution in [2.45, 2.75) is 45.6 Å². The lowest BCUT2D eigenvalue weighted by atomic mass is 10.2. The van der Waals surface area contributed by atoms with Crippen molar-refractivity contribution in [3.8, 4) is 0 Å². The molecule has 0 atom stereocenters. The highest BCUT2D eigenvalue weighted by Crippen LogP contribution is 2.29. The summed E-state index contributed by atoms with van der Waals surface area (Å²) in [5.41, 5.74) is 9.07. The van der Waals surface area contributed by atoms with E-state index >= 15 is 0 Å².